The summed E-state index contributed by atoms with van der Waals surface area (Å²) >= 11 is 0. The molecule has 0 amide bonds. The Balaban J connectivity index is 1.81. The summed E-state index contributed by atoms with van der Waals surface area (Å²) in [6.07, 6.45) is 1.89. The molecule has 0 aromatic carbocycles. The molecule has 0 radical (unpaired) electrons. The quantitative estimate of drug-likeness (QED) is 0.756. The molecule has 0 bridgehead atoms. The molecule has 1 fully saturated rings. The summed E-state index contributed by atoms with van der Waals surface area (Å²) in [4.78, 5) is 9.05. The van der Waals surface area contributed by atoms with Crippen LogP contribution in [0.1, 0.15) is 44.4 Å². The summed E-state index contributed by atoms with van der Waals surface area (Å²) in [7, 11) is 0. The highest BCUT2D eigenvalue weighted by Gasteiger charge is 2.26. The number of aromatic nitrogens is 2. The third-order valence-electron chi connectivity index (χ3n) is 4.38. The van der Waals surface area contributed by atoms with Crippen molar-refractivity contribution < 1.29 is 4.52 Å². The van der Waals surface area contributed by atoms with Gasteiger partial charge in [-0.3, -0.25) is 9.80 Å². The smallest absolute Gasteiger partial charge is 0.243 e. The van der Waals surface area contributed by atoms with Crippen molar-refractivity contribution >= 4 is 0 Å². The van der Waals surface area contributed by atoms with Gasteiger partial charge in [0.15, 0.2) is 5.82 Å². The Morgan fingerprint density at radius 1 is 1.26 bits per heavy atom. The van der Waals surface area contributed by atoms with Crippen molar-refractivity contribution in [3.05, 3.63) is 11.7 Å². The minimum atomic E-state index is -0.0540. The van der Waals surface area contributed by atoms with E-state index in [4.69, 9.17) is 9.78 Å². The molecule has 1 saturated heterocycles. The molecule has 2 rings (SSSR count). The third kappa shape index (κ3) is 4.75. The van der Waals surface area contributed by atoms with Gasteiger partial charge in [-0.15, -0.1) is 0 Å². The normalized spacial score (nSPS) is 19.0. The number of nitrogens with zero attached hydrogens (tertiary/aromatic N) is 6. The molecule has 2 atom stereocenters. The van der Waals surface area contributed by atoms with Gasteiger partial charge < -0.3 is 4.52 Å². The van der Waals surface area contributed by atoms with E-state index in [1.165, 1.54) is 0 Å². The predicted octanol–water partition coefficient (Wildman–Crippen LogP) is 1.75. The van der Waals surface area contributed by atoms with Crippen LogP contribution in [0, 0.1) is 28.6 Å². The van der Waals surface area contributed by atoms with Gasteiger partial charge in [0.05, 0.1) is 24.1 Å². The first-order chi connectivity index (χ1) is 11.2. The van der Waals surface area contributed by atoms with Crippen LogP contribution < -0.4 is 0 Å². The van der Waals surface area contributed by atoms with Crippen LogP contribution in [-0.2, 0) is 6.42 Å². The van der Waals surface area contributed by atoms with E-state index in [2.05, 4.69) is 39.0 Å². The van der Waals surface area contributed by atoms with E-state index >= 15 is 0 Å². The van der Waals surface area contributed by atoms with Gasteiger partial charge in [-0.05, 0) is 13.3 Å². The number of piperazine rings is 1. The molecule has 0 saturated carbocycles. The van der Waals surface area contributed by atoms with Gasteiger partial charge in [0.2, 0.25) is 5.89 Å². The summed E-state index contributed by atoms with van der Waals surface area (Å²) in [5.41, 5.74) is 0. The third-order valence-corrected chi connectivity index (χ3v) is 4.38. The highest BCUT2D eigenvalue weighted by molar-refractivity contribution is 4.94. The Morgan fingerprint density at radius 3 is 2.57 bits per heavy atom. The molecule has 7 nitrogen and oxygen atoms in total. The molecule has 23 heavy (non-hydrogen) atoms. The first-order valence-electron chi connectivity index (χ1n) is 8.23. The maximum atomic E-state index is 9.17. The highest BCUT2D eigenvalue weighted by Crippen LogP contribution is 2.21. The molecular formula is C16H24N6O. The molecule has 1 aliphatic rings. The zero-order chi connectivity index (χ0) is 16.7. The van der Waals surface area contributed by atoms with Crippen molar-refractivity contribution in [2.45, 2.75) is 39.2 Å². The fourth-order valence-electron chi connectivity index (χ4n) is 2.82. The van der Waals surface area contributed by atoms with E-state index in [0.29, 0.717) is 18.7 Å². The maximum absolute atomic E-state index is 9.17. The monoisotopic (exact) mass is 316 g/mol. The molecule has 1 aromatic rings. The second kappa shape index (κ2) is 8.61. The number of nitriles is 2. The van der Waals surface area contributed by atoms with Crippen molar-refractivity contribution in [2.75, 3.05) is 32.7 Å². The highest BCUT2D eigenvalue weighted by atomic mass is 16.5. The molecule has 0 unspecified atom stereocenters. The predicted molar refractivity (Wildman–Crippen MR) is 84.1 cm³/mol. The largest absolute Gasteiger partial charge is 0.338 e. The molecule has 1 aliphatic heterocycles. The van der Waals surface area contributed by atoms with Crippen LogP contribution in [0.5, 0.6) is 0 Å². The summed E-state index contributed by atoms with van der Waals surface area (Å²) < 4.78 is 5.33. The van der Waals surface area contributed by atoms with E-state index in [1.54, 1.807) is 0 Å². The van der Waals surface area contributed by atoms with E-state index < -0.39 is 0 Å². The van der Waals surface area contributed by atoms with Crippen molar-refractivity contribution in [1.82, 2.24) is 19.9 Å². The average Bonchev–Trinajstić information content (AvgIpc) is 3.07. The first kappa shape index (κ1) is 17.4. The topological polar surface area (TPSA) is 93.0 Å². The number of rotatable bonds is 7. The standard InChI is InChI=1S/C16H24N6O/c1-3-15-19-16(23-20-15)13(2)22-9-7-21(8-10-22)12-14(11-18)5-4-6-17/h13-14H,3-5,7-10,12H2,1-2H3/t13-,14+/m1/s1. The lowest BCUT2D eigenvalue weighted by atomic mass is 10.0. The van der Waals surface area contributed by atoms with Crippen LogP contribution in [0.4, 0.5) is 0 Å². The Kier molecular flexibility index (Phi) is 6.52. The zero-order valence-corrected chi connectivity index (χ0v) is 13.9. The first-order valence-corrected chi connectivity index (χ1v) is 8.23. The van der Waals surface area contributed by atoms with E-state index in [-0.39, 0.29) is 12.0 Å². The fraction of sp³-hybridized carbons (Fsp3) is 0.750. The SMILES string of the molecule is CCc1noc([C@@H](C)N2CCN(C[C@H](C#N)CCC#N)CC2)n1. The molecule has 0 spiro atoms. The van der Waals surface area contributed by atoms with Crippen LogP contribution in [-0.4, -0.2) is 52.7 Å². The summed E-state index contributed by atoms with van der Waals surface area (Å²) in [5, 5.41) is 21.8. The van der Waals surface area contributed by atoms with Gasteiger partial charge in [0.1, 0.15) is 0 Å². The van der Waals surface area contributed by atoms with Gasteiger partial charge in [-0.1, -0.05) is 12.1 Å². The maximum Gasteiger partial charge on any atom is 0.243 e. The molecule has 0 N–H and O–H groups in total. The lowest BCUT2D eigenvalue weighted by molar-refractivity contribution is 0.0828. The van der Waals surface area contributed by atoms with Gasteiger partial charge >= 0.3 is 0 Å². The minimum Gasteiger partial charge on any atom is -0.338 e. The molecule has 124 valence electrons. The van der Waals surface area contributed by atoms with Crippen molar-refractivity contribution in [1.29, 1.82) is 10.5 Å². The molecule has 7 heteroatoms. The van der Waals surface area contributed by atoms with Crippen LogP contribution in [0.15, 0.2) is 4.52 Å². The summed E-state index contributed by atoms with van der Waals surface area (Å²) in [5.74, 6) is 1.38. The van der Waals surface area contributed by atoms with Crippen molar-refractivity contribution in [3.8, 4) is 12.1 Å². The number of aryl methyl sites for hydroxylation is 1. The Hall–Kier alpha value is -1.96. The lowest BCUT2D eigenvalue weighted by Crippen LogP contribution is -2.48. The van der Waals surface area contributed by atoms with Crippen LogP contribution in [0.3, 0.4) is 0 Å². The van der Waals surface area contributed by atoms with E-state index in [9.17, 15) is 5.26 Å². The van der Waals surface area contributed by atoms with Crippen LogP contribution >= 0.6 is 0 Å². The molecule has 0 aliphatic carbocycles. The molecule has 2 heterocycles. The average molecular weight is 316 g/mol. The summed E-state index contributed by atoms with van der Waals surface area (Å²) in [6.45, 7) is 8.53. The van der Waals surface area contributed by atoms with Gasteiger partial charge in [-0.25, -0.2) is 0 Å². The van der Waals surface area contributed by atoms with E-state index in [0.717, 1.165) is 45.0 Å². The van der Waals surface area contributed by atoms with Crippen molar-refractivity contribution in [3.63, 3.8) is 0 Å². The van der Waals surface area contributed by atoms with E-state index in [1.807, 2.05) is 6.92 Å². The second-order valence-electron chi connectivity index (χ2n) is 5.94. The van der Waals surface area contributed by atoms with Crippen LogP contribution in [0.2, 0.25) is 0 Å². The fourth-order valence-corrected chi connectivity index (χ4v) is 2.82. The Bertz CT molecular complexity index is 564. The Morgan fingerprint density at radius 2 is 2.00 bits per heavy atom. The van der Waals surface area contributed by atoms with Gasteiger partial charge in [0, 0.05) is 45.6 Å². The number of hydrogen-bond donors (Lipinski definition) is 0. The zero-order valence-electron chi connectivity index (χ0n) is 13.9. The summed E-state index contributed by atoms with van der Waals surface area (Å²) in [6, 6.07) is 4.55. The van der Waals surface area contributed by atoms with Gasteiger partial charge in [-0.2, -0.15) is 15.5 Å². The second-order valence-corrected chi connectivity index (χ2v) is 5.94. The minimum absolute atomic E-state index is 0.0540. The van der Waals surface area contributed by atoms with Crippen molar-refractivity contribution in [2.24, 2.45) is 5.92 Å². The Labute approximate surface area is 137 Å². The van der Waals surface area contributed by atoms with Gasteiger partial charge in [0.25, 0.3) is 0 Å². The lowest BCUT2D eigenvalue weighted by Gasteiger charge is -2.37. The number of hydrogen-bond acceptors (Lipinski definition) is 7. The molecular weight excluding hydrogens is 292 g/mol. The molecule has 1 aromatic heterocycles. The van der Waals surface area contributed by atoms with Crippen LogP contribution in [0.25, 0.3) is 0 Å².